The molecule has 1 amide bonds. The molecule has 0 radical (unpaired) electrons. The number of rotatable bonds is 10. The summed E-state index contributed by atoms with van der Waals surface area (Å²) < 4.78 is 0. The van der Waals surface area contributed by atoms with E-state index in [1.165, 1.54) is 0 Å². The van der Waals surface area contributed by atoms with Crippen LogP contribution in [0.15, 0.2) is 0 Å². The van der Waals surface area contributed by atoms with E-state index in [2.05, 4.69) is 19.2 Å². The van der Waals surface area contributed by atoms with Gasteiger partial charge in [-0.15, -0.1) is 0 Å². The van der Waals surface area contributed by atoms with E-state index in [0.29, 0.717) is 19.4 Å². The number of nitrogens with two attached hydrogens (primary N) is 1. The summed E-state index contributed by atoms with van der Waals surface area (Å²) in [6.45, 7) is 6.95. The third-order valence-electron chi connectivity index (χ3n) is 3.38. The highest BCUT2D eigenvalue weighted by Crippen LogP contribution is 2.25. The molecule has 0 aromatic heterocycles. The Balaban J connectivity index is 4.01. The zero-order chi connectivity index (χ0) is 14.9. The molecule has 0 aromatic carbocycles. The second kappa shape index (κ2) is 8.91. The summed E-state index contributed by atoms with van der Waals surface area (Å²) in [5.74, 6) is -1.40. The molecule has 0 fully saturated rings. The molecule has 5 heteroatoms. The van der Waals surface area contributed by atoms with Crippen molar-refractivity contribution in [1.82, 2.24) is 5.32 Å². The van der Waals surface area contributed by atoms with E-state index in [1.807, 2.05) is 6.92 Å². The van der Waals surface area contributed by atoms with Gasteiger partial charge in [0.2, 0.25) is 5.91 Å². The van der Waals surface area contributed by atoms with Crippen molar-refractivity contribution in [3.05, 3.63) is 0 Å². The first-order chi connectivity index (χ1) is 8.82. The highest BCUT2D eigenvalue weighted by Gasteiger charge is 2.20. The second-order valence-corrected chi connectivity index (χ2v) is 5.83. The van der Waals surface area contributed by atoms with E-state index in [4.69, 9.17) is 10.8 Å². The van der Waals surface area contributed by atoms with Crippen LogP contribution in [0.5, 0.6) is 0 Å². The molecule has 0 aromatic rings. The number of carboxylic acids is 1. The molecule has 19 heavy (non-hydrogen) atoms. The molecule has 0 spiro atoms. The lowest BCUT2D eigenvalue weighted by Crippen LogP contribution is -2.33. The van der Waals surface area contributed by atoms with Gasteiger partial charge in [-0.1, -0.05) is 27.2 Å². The molecule has 0 aliphatic carbocycles. The van der Waals surface area contributed by atoms with Gasteiger partial charge in [0.1, 0.15) is 0 Å². The number of nitrogens with one attached hydrogen (secondary N) is 1. The minimum Gasteiger partial charge on any atom is -0.481 e. The summed E-state index contributed by atoms with van der Waals surface area (Å²) in [6, 6.07) is 0. The van der Waals surface area contributed by atoms with Crippen molar-refractivity contribution in [2.45, 2.75) is 52.9 Å². The molecule has 4 N–H and O–H groups in total. The van der Waals surface area contributed by atoms with E-state index in [0.717, 1.165) is 19.3 Å². The van der Waals surface area contributed by atoms with E-state index >= 15 is 0 Å². The molecule has 0 aliphatic heterocycles. The number of carbonyl (C=O) groups is 2. The minimum absolute atomic E-state index is 0.0572. The molecule has 0 saturated carbocycles. The van der Waals surface area contributed by atoms with Crippen LogP contribution < -0.4 is 11.1 Å². The normalized spacial score (nSPS) is 13.1. The van der Waals surface area contributed by atoms with Crippen LogP contribution in [-0.4, -0.2) is 30.1 Å². The van der Waals surface area contributed by atoms with Gasteiger partial charge in [0.25, 0.3) is 0 Å². The molecule has 0 rings (SSSR count). The molecule has 1 unspecified atom stereocenters. The Morgan fingerprint density at radius 3 is 2.42 bits per heavy atom. The Bertz CT molecular complexity index is 290. The maximum atomic E-state index is 11.7. The quantitative estimate of drug-likeness (QED) is 0.565. The van der Waals surface area contributed by atoms with Gasteiger partial charge in [-0.3, -0.25) is 9.59 Å². The molecular weight excluding hydrogens is 244 g/mol. The number of carboxylic acid groups (broad SMARTS) is 1. The van der Waals surface area contributed by atoms with Crippen LogP contribution in [0.2, 0.25) is 0 Å². The summed E-state index contributed by atoms with van der Waals surface area (Å²) in [4.78, 5) is 22.6. The van der Waals surface area contributed by atoms with Crippen molar-refractivity contribution in [1.29, 1.82) is 0 Å². The summed E-state index contributed by atoms with van der Waals surface area (Å²) in [6.07, 6.45) is 3.46. The average Bonchev–Trinajstić information content (AvgIpc) is 2.31. The SMILES string of the molecule is CCCC(CNC(=O)CCC(C)(C)CCN)C(=O)O. The smallest absolute Gasteiger partial charge is 0.308 e. The number of hydrogen-bond acceptors (Lipinski definition) is 3. The lowest BCUT2D eigenvalue weighted by Gasteiger charge is -2.23. The highest BCUT2D eigenvalue weighted by molar-refractivity contribution is 5.77. The van der Waals surface area contributed by atoms with Crippen LogP contribution in [0, 0.1) is 11.3 Å². The molecule has 1 atom stereocenters. The van der Waals surface area contributed by atoms with Gasteiger partial charge in [-0.2, -0.15) is 0 Å². The molecule has 0 saturated heterocycles. The molecule has 0 heterocycles. The Hall–Kier alpha value is -1.10. The van der Waals surface area contributed by atoms with Crippen molar-refractivity contribution < 1.29 is 14.7 Å². The van der Waals surface area contributed by atoms with Crippen molar-refractivity contribution in [2.24, 2.45) is 17.1 Å². The predicted octanol–water partition coefficient (Wildman–Crippen LogP) is 1.76. The lowest BCUT2D eigenvalue weighted by molar-refractivity contribution is -0.141. The monoisotopic (exact) mass is 272 g/mol. The number of carbonyl (C=O) groups excluding carboxylic acids is 1. The Labute approximate surface area is 115 Å². The standard InChI is InChI=1S/C14H28N2O3/c1-4-5-11(13(18)19)10-16-12(17)6-7-14(2,3)8-9-15/h11H,4-10,15H2,1-3H3,(H,16,17)(H,18,19). The van der Waals surface area contributed by atoms with Gasteiger partial charge < -0.3 is 16.2 Å². The average molecular weight is 272 g/mol. The van der Waals surface area contributed by atoms with E-state index in [1.54, 1.807) is 0 Å². The van der Waals surface area contributed by atoms with Gasteiger partial charge in [0.15, 0.2) is 0 Å². The zero-order valence-electron chi connectivity index (χ0n) is 12.4. The molecule has 112 valence electrons. The van der Waals surface area contributed by atoms with Gasteiger partial charge in [-0.25, -0.2) is 0 Å². The zero-order valence-corrected chi connectivity index (χ0v) is 12.4. The lowest BCUT2D eigenvalue weighted by atomic mass is 9.84. The Kier molecular flexibility index (Phi) is 8.39. The van der Waals surface area contributed by atoms with E-state index in [-0.39, 0.29) is 17.9 Å². The molecule has 0 bridgehead atoms. The number of amides is 1. The second-order valence-electron chi connectivity index (χ2n) is 5.83. The Morgan fingerprint density at radius 1 is 1.32 bits per heavy atom. The largest absolute Gasteiger partial charge is 0.481 e. The summed E-state index contributed by atoms with van der Waals surface area (Å²) >= 11 is 0. The predicted molar refractivity (Wildman–Crippen MR) is 75.7 cm³/mol. The maximum Gasteiger partial charge on any atom is 0.308 e. The number of aliphatic carboxylic acids is 1. The summed E-state index contributed by atoms with van der Waals surface area (Å²) in [5, 5.41) is 11.7. The van der Waals surface area contributed by atoms with Crippen LogP contribution in [0.4, 0.5) is 0 Å². The Morgan fingerprint density at radius 2 is 1.95 bits per heavy atom. The molecule has 5 nitrogen and oxygen atoms in total. The fraction of sp³-hybridized carbons (Fsp3) is 0.857. The van der Waals surface area contributed by atoms with E-state index < -0.39 is 11.9 Å². The number of hydrogen-bond donors (Lipinski definition) is 3. The molecular formula is C14H28N2O3. The van der Waals surface area contributed by atoms with Gasteiger partial charge in [-0.05, 0) is 31.2 Å². The van der Waals surface area contributed by atoms with Crippen molar-refractivity contribution in [2.75, 3.05) is 13.1 Å². The first kappa shape index (κ1) is 17.9. The first-order valence-electron chi connectivity index (χ1n) is 7.02. The van der Waals surface area contributed by atoms with Crippen LogP contribution in [0.1, 0.15) is 52.9 Å². The fourth-order valence-corrected chi connectivity index (χ4v) is 1.95. The van der Waals surface area contributed by atoms with Crippen LogP contribution in [0.25, 0.3) is 0 Å². The highest BCUT2D eigenvalue weighted by atomic mass is 16.4. The third kappa shape index (κ3) is 8.59. The van der Waals surface area contributed by atoms with Crippen molar-refractivity contribution in [3.63, 3.8) is 0 Å². The van der Waals surface area contributed by atoms with Crippen molar-refractivity contribution in [3.8, 4) is 0 Å². The van der Waals surface area contributed by atoms with Gasteiger partial charge in [0, 0.05) is 13.0 Å². The molecule has 0 aliphatic rings. The van der Waals surface area contributed by atoms with Crippen LogP contribution >= 0.6 is 0 Å². The van der Waals surface area contributed by atoms with Crippen LogP contribution in [0.3, 0.4) is 0 Å². The summed E-state index contributed by atoms with van der Waals surface area (Å²) in [7, 11) is 0. The van der Waals surface area contributed by atoms with Crippen molar-refractivity contribution >= 4 is 11.9 Å². The third-order valence-corrected chi connectivity index (χ3v) is 3.38. The van der Waals surface area contributed by atoms with Gasteiger partial charge in [0.05, 0.1) is 5.92 Å². The fourth-order valence-electron chi connectivity index (χ4n) is 1.95. The van der Waals surface area contributed by atoms with Gasteiger partial charge >= 0.3 is 5.97 Å². The maximum absolute atomic E-state index is 11.7. The van der Waals surface area contributed by atoms with Crippen LogP contribution in [-0.2, 0) is 9.59 Å². The minimum atomic E-state index is -0.842. The summed E-state index contributed by atoms with van der Waals surface area (Å²) in [5.41, 5.74) is 5.58. The van der Waals surface area contributed by atoms with E-state index in [9.17, 15) is 9.59 Å². The topological polar surface area (TPSA) is 92.4 Å². The first-order valence-corrected chi connectivity index (χ1v) is 7.02.